The summed E-state index contributed by atoms with van der Waals surface area (Å²) in [6, 6.07) is 5.92. The van der Waals surface area contributed by atoms with Gasteiger partial charge in [-0.2, -0.15) is 0 Å². The van der Waals surface area contributed by atoms with E-state index in [2.05, 4.69) is 16.0 Å². The topological polar surface area (TPSA) is 61.0 Å². The van der Waals surface area contributed by atoms with Crippen LogP contribution in [0.5, 0.6) is 5.88 Å². The fraction of sp³-hybridized carbons (Fsp3) is 0.286. The van der Waals surface area contributed by atoms with Gasteiger partial charge >= 0.3 is 0 Å². The van der Waals surface area contributed by atoms with E-state index in [1.165, 1.54) is 18.4 Å². The Labute approximate surface area is 106 Å². The molecular formula is C14H15N3O. The van der Waals surface area contributed by atoms with Crippen molar-refractivity contribution in [2.75, 3.05) is 12.8 Å². The SMILES string of the molecule is COc1ncc(C2CC2)cc1-c1ccnc(N)c1. The van der Waals surface area contributed by atoms with Crippen molar-refractivity contribution in [3.05, 3.63) is 36.2 Å². The van der Waals surface area contributed by atoms with E-state index in [0.29, 0.717) is 17.6 Å². The Morgan fingerprint density at radius 3 is 2.78 bits per heavy atom. The van der Waals surface area contributed by atoms with E-state index in [4.69, 9.17) is 10.5 Å². The molecule has 0 bridgehead atoms. The Balaban J connectivity index is 2.10. The summed E-state index contributed by atoms with van der Waals surface area (Å²) >= 11 is 0. The van der Waals surface area contributed by atoms with E-state index in [1.807, 2.05) is 18.3 Å². The molecular weight excluding hydrogens is 226 g/mol. The smallest absolute Gasteiger partial charge is 0.221 e. The van der Waals surface area contributed by atoms with Crippen LogP contribution in [-0.2, 0) is 0 Å². The maximum Gasteiger partial charge on any atom is 0.221 e. The number of pyridine rings is 2. The first-order chi connectivity index (χ1) is 8.78. The maximum absolute atomic E-state index is 5.73. The fourth-order valence-electron chi connectivity index (χ4n) is 2.09. The van der Waals surface area contributed by atoms with Crippen LogP contribution in [0, 0.1) is 0 Å². The van der Waals surface area contributed by atoms with Crippen molar-refractivity contribution in [2.24, 2.45) is 0 Å². The lowest BCUT2D eigenvalue weighted by Crippen LogP contribution is -1.95. The van der Waals surface area contributed by atoms with E-state index < -0.39 is 0 Å². The Morgan fingerprint density at radius 2 is 2.11 bits per heavy atom. The second-order valence-corrected chi connectivity index (χ2v) is 4.57. The molecule has 0 unspecified atom stereocenters. The Hall–Kier alpha value is -2.10. The summed E-state index contributed by atoms with van der Waals surface area (Å²) < 4.78 is 5.32. The van der Waals surface area contributed by atoms with Crippen molar-refractivity contribution in [1.29, 1.82) is 0 Å². The van der Waals surface area contributed by atoms with Crippen LogP contribution in [0.4, 0.5) is 5.82 Å². The molecule has 1 aliphatic carbocycles. The lowest BCUT2D eigenvalue weighted by atomic mass is 10.0. The second-order valence-electron chi connectivity index (χ2n) is 4.57. The second kappa shape index (κ2) is 4.29. The zero-order valence-electron chi connectivity index (χ0n) is 10.3. The van der Waals surface area contributed by atoms with Crippen LogP contribution in [0.15, 0.2) is 30.6 Å². The van der Waals surface area contributed by atoms with Gasteiger partial charge in [-0.3, -0.25) is 0 Å². The van der Waals surface area contributed by atoms with Gasteiger partial charge in [0, 0.05) is 18.0 Å². The first kappa shape index (κ1) is 11.0. The van der Waals surface area contributed by atoms with E-state index in [1.54, 1.807) is 13.3 Å². The van der Waals surface area contributed by atoms with Crippen LogP contribution in [0.1, 0.15) is 24.3 Å². The molecule has 2 N–H and O–H groups in total. The van der Waals surface area contributed by atoms with E-state index in [9.17, 15) is 0 Å². The number of hydrogen-bond donors (Lipinski definition) is 1. The van der Waals surface area contributed by atoms with Crippen molar-refractivity contribution in [2.45, 2.75) is 18.8 Å². The average Bonchev–Trinajstić information content (AvgIpc) is 3.22. The molecule has 0 aliphatic heterocycles. The van der Waals surface area contributed by atoms with E-state index >= 15 is 0 Å². The highest BCUT2D eigenvalue weighted by atomic mass is 16.5. The third kappa shape index (κ3) is 2.01. The minimum absolute atomic E-state index is 0.506. The monoisotopic (exact) mass is 241 g/mol. The number of methoxy groups -OCH3 is 1. The fourth-order valence-corrected chi connectivity index (χ4v) is 2.09. The highest BCUT2D eigenvalue weighted by Crippen LogP contribution is 2.42. The number of anilines is 1. The standard InChI is InChI=1S/C14H15N3O/c1-18-14-12(10-4-5-16-13(15)7-10)6-11(8-17-14)9-2-3-9/h4-9H,2-3H2,1H3,(H2,15,16). The molecule has 2 aromatic rings. The first-order valence-corrected chi connectivity index (χ1v) is 6.04. The molecule has 4 nitrogen and oxygen atoms in total. The van der Waals surface area contributed by atoms with Gasteiger partial charge in [0.05, 0.1) is 7.11 Å². The van der Waals surface area contributed by atoms with Crippen LogP contribution in [0.2, 0.25) is 0 Å². The van der Waals surface area contributed by atoms with Gasteiger partial charge in [-0.1, -0.05) is 0 Å². The van der Waals surface area contributed by atoms with Crippen LogP contribution in [-0.4, -0.2) is 17.1 Å². The Morgan fingerprint density at radius 1 is 1.28 bits per heavy atom. The molecule has 4 heteroatoms. The molecule has 1 saturated carbocycles. The largest absolute Gasteiger partial charge is 0.481 e. The molecule has 0 saturated heterocycles. The summed E-state index contributed by atoms with van der Waals surface area (Å²) in [6.07, 6.45) is 6.12. The zero-order chi connectivity index (χ0) is 12.5. The van der Waals surface area contributed by atoms with E-state index in [-0.39, 0.29) is 0 Å². The summed E-state index contributed by atoms with van der Waals surface area (Å²) in [5.74, 6) is 1.80. The van der Waals surface area contributed by atoms with Crippen molar-refractivity contribution in [3.63, 3.8) is 0 Å². The van der Waals surface area contributed by atoms with Crippen LogP contribution in [0.25, 0.3) is 11.1 Å². The summed E-state index contributed by atoms with van der Waals surface area (Å²) in [5.41, 5.74) is 8.98. The molecule has 2 heterocycles. The van der Waals surface area contributed by atoms with Gasteiger partial charge in [-0.05, 0) is 48.1 Å². The van der Waals surface area contributed by atoms with E-state index in [0.717, 1.165) is 11.1 Å². The maximum atomic E-state index is 5.73. The minimum atomic E-state index is 0.506. The number of aromatic nitrogens is 2. The summed E-state index contributed by atoms with van der Waals surface area (Å²) in [7, 11) is 1.63. The summed E-state index contributed by atoms with van der Waals surface area (Å²) in [4.78, 5) is 8.39. The molecule has 92 valence electrons. The normalized spacial score (nSPS) is 14.5. The van der Waals surface area contributed by atoms with Gasteiger partial charge in [0.1, 0.15) is 5.82 Å². The number of ether oxygens (including phenoxy) is 1. The molecule has 3 rings (SSSR count). The van der Waals surface area contributed by atoms with Crippen molar-refractivity contribution in [3.8, 4) is 17.0 Å². The van der Waals surface area contributed by atoms with Gasteiger partial charge in [0.25, 0.3) is 0 Å². The molecule has 0 spiro atoms. The van der Waals surface area contributed by atoms with Gasteiger partial charge in [0.15, 0.2) is 0 Å². The molecule has 1 fully saturated rings. The molecule has 2 aromatic heterocycles. The number of hydrogen-bond acceptors (Lipinski definition) is 4. The van der Waals surface area contributed by atoms with Crippen LogP contribution >= 0.6 is 0 Å². The number of rotatable bonds is 3. The molecule has 0 radical (unpaired) electrons. The average molecular weight is 241 g/mol. The number of nitrogens with zero attached hydrogens (tertiary/aromatic N) is 2. The highest BCUT2D eigenvalue weighted by Gasteiger charge is 2.25. The number of nitrogen functional groups attached to an aromatic ring is 1. The summed E-state index contributed by atoms with van der Waals surface area (Å²) in [5, 5.41) is 0. The zero-order valence-corrected chi connectivity index (χ0v) is 10.3. The van der Waals surface area contributed by atoms with Gasteiger partial charge in [0.2, 0.25) is 5.88 Å². The Bertz CT molecular complexity index is 579. The van der Waals surface area contributed by atoms with Crippen molar-refractivity contribution >= 4 is 5.82 Å². The van der Waals surface area contributed by atoms with Gasteiger partial charge in [-0.15, -0.1) is 0 Å². The molecule has 0 aromatic carbocycles. The highest BCUT2D eigenvalue weighted by molar-refractivity contribution is 5.71. The first-order valence-electron chi connectivity index (χ1n) is 6.04. The van der Waals surface area contributed by atoms with Gasteiger partial charge < -0.3 is 10.5 Å². The number of nitrogens with two attached hydrogens (primary N) is 1. The summed E-state index contributed by atoms with van der Waals surface area (Å²) in [6.45, 7) is 0. The van der Waals surface area contributed by atoms with Gasteiger partial charge in [-0.25, -0.2) is 9.97 Å². The molecule has 0 amide bonds. The van der Waals surface area contributed by atoms with Crippen molar-refractivity contribution < 1.29 is 4.74 Å². The molecule has 1 aliphatic rings. The lowest BCUT2D eigenvalue weighted by Gasteiger charge is -2.09. The third-order valence-electron chi connectivity index (χ3n) is 3.21. The lowest BCUT2D eigenvalue weighted by molar-refractivity contribution is 0.399. The van der Waals surface area contributed by atoms with Crippen molar-refractivity contribution in [1.82, 2.24) is 9.97 Å². The minimum Gasteiger partial charge on any atom is -0.481 e. The predicted molar refractivity (Wildman–Crippen MR) is 70.4 cm³/mol. The third-order valence-corrected chi connectivity index (χ3v) is 3.21. The molecule has 18 heavy (non-hydrogen) atoms. The molecule has 0 atom stereocenters. The predicted octanol–water partition coefficient (Wildman–Crippen LogP) is 2.61. The van der Waals surface area contributed by atoms with Crippen LogP contribution in [0.3, 0.4) is 0 Å². The Kier molecular flexibility index (Phi) is 2.63. The van der Waals surface area contributed by atoms with Crippen LogP contribution < -0.4 is 10.5 Å². The quantitative estimate of drug-likeness (QED) is 0.897.